The summed E-state index contributed by atoms with van der Waals surface area (Å²) in [5, 5.41) is 3.33. The van der Waals surface area contributed by atoms with Crippen LogP contribution in [0.1, 0.15) is 22.3 Å². The van der Waals surface area contributed by atoms with Gasteiger partial charge in [-0.3, -0.25) is 0 Å². The molecule has 3 heteroatoms. The van der Waals surface area contributed by atoms with E-state index in [2.05, 4.69) is 11.4 Å². The predicted octanol–water partition coefficient (Wildman–Crippen LogP) is 3.20. The van der Waals surface area contributed by atoms with Crippen molar-refractivity contribution in [2.24, 2.45) is 0 Å². The van der Waals surface area contributed by atoms with Crippen LogP contribution in [0.5, 0.6) is 0 Å². The van der Waals surface area contributed by atoms with Crippen molar-refractivity contribution in [3.63, 3.8) is 0 Å². The minimum absolute atomic E-state index is 0.416. The molecule has 0 fully saturated rings. The van der Waals surface area contributed by atoms with Crippen molar-refractivity contribution in [1.29, 1.82) is 0 Å². The standard InChI is InChI=1S/C16H15F2N/c17-15-6-2-5-13(16(15)18)9-12-4-1-3-11-7-8-19-10-14(11)12/h1-6,19H,7-10H2. The largest absolute Gasteiger partial charge is 0.312 e. The minimum Gasteiger partial charge on any atom is -0.312 e. The second-order valence-corrected chi connectivity index (χ2v) is 4.87. The highest BCUT2D eigenvalue weighted by molar-refractivity contribution is 5.40. The van der Waals surface area contributed by atoms with Crippen LogP contribution in [0.2, 0.25) is 0 Å². The minimum atomic E-state index is -0.777. The van der Waals surface area contributed by atoms with Crippen LogP contribution in [-0.2, 0) is 19.4 Å². The number of halogens is 2. The van der Waals surface area contributed by atoms with Crippen molar-refractivity contribution < 1.29 is 8.78 Å². The van der Waals surface area contributed by atoms with Crippen molar-refractivity contribution in [2.45, 2.75) is 19.4 Å². The predicted molar refractivity (Wildman–Crippen MR) is 71.0 cm³/mol. The van der Waals surface area contributed by atoms with Crippen LogP contribution in [0.3, 0.4) is 0 Å². The third-order valence-electron chi connectivity index (χ3n) is 3.66. The van der Waals surface area contributed by atoms with Crippen LogP contribution in [0, 0.1) is 11.6 Å². The van der Waals surface area contributed by atoms with Gasteiger partial charge in [-0.1, -0.05) is 30.3 Å². The number of hydrogen-bond acceptors (Lipinski definition) is 1. The van der Waals surface area contributed by atoms with E-state index in [1.807, 2.05) is 12.1 Å². The van der Waals surface area contributed by atoms with Gasteiger partial charge in [-0.05, 0) is 41.3 Å². The Hall–Kier alpha value is -1.74. The van der Waals surface area contributed by atoms with Crippen LogP contribution in [0.15, 0.2) is 36.4 Å². The molecule has 3 rings (SSSR count). The van der Waals surface area contributed by atoms with E-state index in [1.165, 1.54) is 11.1 Å². The zero-order valence-corrected chi connectivity index (χ0v) is 10.5. The summed E-state index contributed by atoms with van der Waals surface area (Å²) in [6.07, 6.45) is 1.43. The van der Waals surface area contributed by atoms with Gasteiger partial charge in [-0.2, -0.15) is 0 Å². The molecule has 2 aromatic rings. The molecule has 98 valence electrons. The summed E-state index contributed by atoms with van der Waals surface area (Å²) < 4.78 is 27.0. The zero-order valence-electron chi connectivity index (χ0n) is 10.5. The van der Waals surface area contributed by atoms with E-state index in [-0.39, 0.29) is 0 Å². The molecule has 0 bridgehead atoms. The van der Waals surface area contributed by atoms with Crippen LogP contribution in [-0.4, -0.2) is 6.54 Å². The summed E-state index contributed by atoms with van der Waals surface area (Å²) in [4.78, 5) is 0. The molecule has 1 aliphatic heterocycles. The molecular formula is C16H15F2N. The smallest absolute Gasteiger partial charge is 0.162 e. The molecule has 1 N–H and O–H groups in total. The van der Waals surface area contributed by atoms with Crippen LogP contribution in [0.25, 0.3) is 0 Å². The highest BCUT2D eigenvalue weighted by atomic mass is 19.2. The van der Waals surface area contributed by atoms with Crippen LogP contribution >= 0.6 is 0 Å². The molecule has 0 unspecified atom stereocenters. The van der Waals surface area contributed by atoms with Gasteiger partial charge in [-0.15, -0.1) is 0 Å². The fourth-order valence-electron chi connectivity index (χ4n) is 2.64. The summed E-state index contributed by atoms with van der Waals surface area (Å²) in [5.41, 5.74) is 4.04. The molecular weight excluding hydrogens is 244 g/mol. The zero-order chi connectivity index (χ0) is 13.2. The molecule has 1 aliphatic rings. The summed E-state index contributed by atoms with van der Waals surface area (Å²) in [6, 6.07) is 10.5. The lowest BCUT2D eigenvalue weighted by Crippen LogP contribution is -2.24. The number of rotatable bonds is 2. The first-order chi connectivity index (χ1) is 9.25. The molecule has 0 radical (unpaired) electrons. The van der Waals surface area contributed by atoms with E-state index in [1.54, 1.807) is 12.1 Å². The summed E-state index contributed by atoms with van der Waals surface area (Å²) in [6.45, 7) is 1.78. The molecule has 0 amide bonds. The van der Waals surface area contributed by atoms with E-state index in [0.717, 1.165) is 31.1 Å². The maximum absolute atomic E-state index is 13.7. The Morgan fingerprint density at radius 2 is 1.79 bits per heavy atom. The first kappa shape index (κ1) is 12.3. The molecule has 1 nitrogen and oxygen atoms in total. The van der Waals surface area contributed by atoms with Gasteiger partial charge in [0.1, 0.15) is 0 Å². The quantitative estimate of drug-likeness (QED) is 0.873. The van der Waals surface area contributed by atoms with Gasteiger partial charge >= 0.3 is 0 Å². The van der Waals surface area contributed by atoms with E-state index in [9.17, 15) is 8.78 Å². The molecule has 0 spiro atoms. The SMILES string of the molecule is Fc1cccc(Cc2cccc3c2CNCC3)c1F. The van der Waals surface area contributed by atoms with Gasteiger partial charge in [0, 0.05) is 13.0 Å². The summed E-state index contributed by atoms with van der Waals surface area (Å²) in [7, 11) is 0. The summed E-state index contributed by atoms with van der Waals surface area (Å²) in [5.74, 6) is -1.51. The maximum Gasteiger partial charge on any atom is 0.162 e. The molecule has 2 aromatic carbocycles. The fourth-order valence-corrected chi connectivity index (χ4v) is 2.64. The number of benzene rings is 2. The van der Waals surface area contributed by atoms with Crippen molar-refractivity contribution in [3.8, 4) is 0 Å². The third kappa shape index (κ3) is 2.38. The Labute approximate surface area is 111 Å². The molecule has 0 atom stereocenters. The van der Waals surface area contributed by atoms with Crippen molar-refractivity contribution >= 4 is 0 Å². The lowest BCUT2D eigenvalue weighted by atomic mass is 9.92. The van der Waals surface area contributed by atoms with Crippen LogP contribution in [0.4, 0.5) is 8.78 Å². The third-order valence-corrected chi connectivity index (χ3v) is 3.66. The average molecular weight is 259 g/mol. The Bertz CT molecular complexity index is 608. The van der Waals surface area contributed by atoms with E-state index >= 15 is 0 Å². The molecule has 19 heavy (non-hydrogen) atoms. The second-order valence-electron chi connectivity index (χ2n) is 4.87. The van der Waals surface area contributed by atoms with Gasteiger partial charge in [-0.25, -0.2) is 8.78 Å². The monoisotopic (exact) mass is 259 g/mol. The molecule has 0 saturated carbocycles. The first-order valence-corrected chi connectivity index (χ1v) is 6.49. The Kier molecular flexibility index (Phi) is 3.30. The normalized spacial score (nSPS) is 14.2. The lowest BCUT2D eigenvalue weighted by molar-refractivity contribution is 0.500. The van der Waals surface area contributed by atoms with Gasteiger partial charge in [0.05, 0.1) is 0 Å². The Morgan fingerprint density at radius 3 is 2.68 bits per heavy atom. The first-order valence-electron chi connectivity index (χ1n) is 6.49. The van der Waals surface area contributed by atoms with E-state index in [4.69, 9.17) is 0 Å². The maximum atomic E-state index is 13.7. The molecule has 0 saturated heterocycles. The lowest BCUT2D eigenvalue weighted by Gasteiger charge is -2.20. The molecule has 1 heterocycles. The molecule has 0 aromatic heterocycles. The highest BCUT2D eigenvalue weighted by Crippen LogP contribution is 2.23. The fraction of sp³-hybridized carbons (Fsp3) is 0.250. The highest BCUT2D eigenvalue weighted by Gasteiger charge is 2.14. The van der Waals surface area contributed by atoms with Crippen molar-refractivity contribution in [1.82, 2.24) is 5.32 Å². The number of hydrogen-bond donors (Lipinski definition) is 1. The van der Waals surface area contributed by atoms with E-state index < -0.39 is 11.6 Å². The summed E-state index contributed by atoms with van der Waals surface area (Å²) >= 11 is 0. The van der Waals surface area contributed by atoms with Crippen LogP contribution < -0.4 is 5.32 Å². The second kappa shape index (κ2) is 5.10. The topological polar surface area (TPSA) is 12.0 Å². The van der Waals surface area contributed by atoms with Crippen molar-refractivity contribution in [2.75, 3.05) is 6.54 Å². The number of nitrogens with one attached hydrogen (secondary N) is 1. The molecule has 0 aliphatic carbocycles. The van der Waals surface area contributed by atoms with E-state index in [0.29, 0.717) is 12.0 Å². The number of fused-ring (bicyclic) bond motifs is 1. The van der Waals surface area contributed by atoms with Gasteiger partial charge in [0.15, 0.2) is 11.6 Å². The Morgan fingerprint density at radius 1 is 1.00 bits per heavy atom. The van der Waals surface area contributed by atoms with Gasteiger partial charge in [0.2, 0.25) is 0 Å². The van der Waals surface area contributed by atoms with Gasteiger partial charge in [0.25, 0.3) is 0 Å². The van der Waals surface area contributed by atoms with Gasteiger partial charge < -0.3 is 5.32 Å². The Balaban J connectivity index is 1.97. The van der Waals surface area contributed by atoms with Crippen molar-refractivity contribution in [3.05, 3.63) is 70.3 Å². The average Bonchev–Trinajstić information content (AvgIpc) is 2.44.